The smallest absolute Gasteiger partial charge is 0.338 e. The summed E-state index contributed by atoms with van der Waals surface area (Å²) in [6.45, 7) is 0.516. The van der Waals surface area contributed by atoms with E-state index >= 15 is 0 Å². The topological polar surface area (TPSA) is 87.9 Å². The van der Waals surface area contributed by atoms with Gasteiger partial charge in [0.05, 0.1) is 10.9 Å². The molecule has 2 heterocycles. The fraction of sp³-hybridized carbons (Fsp3) is 0.125. The van der Waals surface area contributed by atoms with Crippen molar-refractivity contribution in [3.8, 4) is 22.8 Å². The van der Waals surface area contributed by atoms with Crippen molar-refractivity contribution in [3.05, 3.63) is 77.9 Å². The summed E-state index contributed by atoms with van der Waals surface area (Å²) in [6.07, 6.45) is 0. The Morgan fingerprint density at radius 2 is 1.65 bits per heavy atom. The number of Topliss-reactive ketones (excluding diaryl/α,β-unsaturated/α-hetero) is 1. The van der Waals surface area contributed by atoms with Crippen molar-refractivity contribution >= 4 is 22.7 Å². The maximum atomic E-state index is 12.6. The average Bonchev–Trinajstić information content (AvgIpc) is 3.26. The lowest BCUT2D eigenvalue weighted by Gasteiger charge is -2.18. The van der Waals surface area contributed by atoms with Gasteiger partial charge in [0, 0.05) is 11.1 Å². The number of ether oxygens (including phenoxy) is 3. The normalized spacial score (nSPS) is 12.5. The first-order valence-electron chi connectivity index (χ1n) is 9.74. The van der Waals surface area contributed by atoms with Crippen LogP contribution in [0.5, 0.6) is 11.5 Å². The van der Waals surface area contributed by atoms with Crippen LogP contribution in [0.1, 0.15) is 20.7 Å². The summed E-state index contributed by atoms with van der Waals surface area (Å²) in [4.78, 5) is 25.0. The highest BCUT2D eigenvalue weighted by atomic mass is 16.6. The number of carbonyl (C=O) groups excluding carboxylic acids is 2. The molecule has 0 N–H and O–H groups in total. The molecule has 154 valence electrons. The Balaban J connectivity index is 1.32. The monoisotopic (exact) mass is 415 g/mol. The lowest BCUT2D eigenvalue weighted by molar-refractivity contribution is 0.0475. The van der Waals surface area contributed by atoms with Crippen molar-refractivity contribution in [2.75, 3.05) is 19.8 Å². The van der Waals surface area contributed by atoms with Gasteiger partial charge in [-0.15, -0.1) is 0 Å². The molecule has 0 amide bonds. The number of benzene rings is 3. The molecule has 0 unspecified atom stereocenters. The second-order valence-corrected chi connectivity index (χ2v) is 6.97. The third-order valence-electron chi connectivity index (χ3n) is 4.95. The van der Waals surface area contributed by atoms with E-state index in [4.69, 9.17) is 18.7 Å². The lowest BCUT2D eigenvalue weighted by atomic mass is 10.1. The Morgan fingerprint density at radius 1 is 0.871 bits per heavy atom. The van der Waals surface area contributed by atoms with Gasteiger partial charge in [0.25, 0.3) is 0 Å². The number of aromatic nitrogens is 1. The molecular formula is C24H17NO6. The second-order valence-electron chi connectivity index (χ2n) is 6.97. The van der Waals surface area contributed by atoms with Crippen LogP contribution in [0.4, 0.5) is 0 Å². The van der Waals surface area contributed by atoms with Crippen LogP contribution in [0.3, 0.4) is 0 Å². The molecule has 7 nitrogen and oxygen atoms in total. The van der Waals surface area contributed by atoms with E-state index in [2.05, 4.69) is 5.16 Å². The molecule has 31 heavy (non-hydrogen) atoms. The SMILES string of the molecule is O=C(COC(=O)c1ccc2noc(-c3ccccc3)c2c1)c1ccc2c(c1)OCCO2. The average molecular weight is 415 g/mol. The van der Waals surface area contributed by atoms with Crippen molar-refractivity contribution in [2.45, 2.75) is 0 Å². The van der Waals surface area contributed by atoms with Crippen LogP contribution in [0.15, 0.2) is 71.3 Å². The zero-order valence-corrected chi connectivity index (χ0v) is 16.4. The predicted molar refractivity (Wildman–Crippen MR) is 111 cm³/mol. The fourth-order valence-electron chi connectivity index (χ4n) is 3.38. The molecule has 0 bridgehead atoms. The first-order chi connectivity index (χ1) is 15.2. The summed E-state index contributed by atoms with van der Waals surface area (Å²) >= 11 is 0. The minimum absolute atomic E-state index is 0.308. The van der Waals surface area contributed by atoms with Gasteiger partial charge in [-0.05, 0) is 36.4 Å². The Morgan fingerprint density at radius 3 is 2.48 bits per heavy atom. The molecule has 0 spiro atoms. The van der Waals surface area contributed by atoms with E-state index in [9.17, 15) is 9.59 Å². The van der Waals surface area contributed by atoms with E-state index in [0.29, 0.717) is 52.5 Å². The first kappa shape index (κ1) is 18.9. The van der Waals surface area contributed by atoms with Gasteiger partial charge in [-0.2, -0.15) is 0 Å². The van der Waals surface area contributed by atoms with Crippen LogP contribution < -0.4 is 9.47 Å². The summed E-state index contributed by atoms with van der Waals surface area (Å²) in [6, 6.07) is 19.3. The van der Waals surface area contributed by atoms with Crippen LogP contribution in [0.25, 0.3) is 22.2 Å². The molecule has 0 saturated heterocycles. The molecule has 0 fully saturated rings. The summed E-state index contributed by atoms with van der Waals surface area (Å²) in [5.41, 5.74) is 2.17. The quantitative estimate of drug-likeness (QED) is 0.355. The molecule has 5 rings (SSSR count). The highest BCUT2D eigenvalue weighted by molar-refractivity contribution is 6.01. The zero-order valence-electron chi connectivity index (χ0n) is 16.4. The van der Waals surface area contributed by atoms with Crippen molar-refractivity contribution in [1.29, 1.82) is 0 Å². The van der Waals surface area contributed by atoms with E-state index in [-0.39, 0.29) is 12.4 Å². The third-order valence-corrected chi connectivity index (χ3v) is 4.95. The Bertz CT molecular complexity index is 1280. The molecule has 0 radical (unpaired) electrons. The summed E-state index contributed by atoms with van der Waals surface area (Å²) < 4.78 is 21.6. The van der Waals surface area contributed by atoms with Crippen LogP contribution in [0, 0.1) is 0 Å². The number of esters is 1. The minimum Gasteiger partial charge on any atom is -0.486 e. The molecule has 1 aliphatic heterocycles. The fourth-order valence-corrected chi connectivity index (χ4v) is 3.38. The van der Waals surface area contributed by atoms with E-state index in [1.54, 1.807) is 36.4 Å². The molecule has 0 aliphatic carbocycles. The minimum atomic E-state index is -0.604. The number of carbonyl (C=O) groups is 2. The summed E-state index contributed by atoms with van der Waals surface area (Å²) in [7, 11) is 0. The summed E-state index contributed by atoms with van der Waals surface area (Å²) in [5, 5.41) is 4.73. The van der Waals surface area contributed by atoms with Gasteiger partial charge < -0.3 is 18.7 Å². The number of hydrogen-bond acceptors (Lipinski definition) is 7. The maximum Gasteiger partial charge on any atom is 0.338 e. The number of ketones is 1. The molecule has 0 saturated carbocycles. The second kappa shape index (κ2) is 7.95. The molecule has 0 atom stereocenters. The van der Waals surface area contributed by atoms with Crippen molar-refractivity contribution in [2.24, 2.45) is 0 Å². The predicted octanol–water partition coefficient (Wildman–Crippen LogP) is 4.31. The van der Waals surface area contributed by atoms with E-state index in [0.717, 1.165) is 5.56 Å². The number of rotatable bonds is 5. The van der Waals surface area contributed by atoms with Crippen LogP contribution in [0.2, 0.25) is 0 Å². The van der Waals surface area contributed by atoms with Crippen LogP contribution >= 0.6 is 0 Å². The summed E-state index contributed by atoms with van der Waals surface area (Å²) in [5.74, 6) is 0.734. The number of hydrogen-bond donors (Lipinski definition) is 0. The lowest BCUT2D eigenvalue weighted by Crippen LogP contribution is -2.17. The van der Waals surface area contributed by atoms with Gasteiger partial charge in [0.15, 0.2) is 29.6 Å². The molecule has 7 heteroatoms. The molecule has 1 aromatic heterocycles. The van der Waals surface area contributed by atoms with E-state index < -0.39 is 5.97 Å². The van der Waals surface area contributed by atoms with E-state index in [1.807, 2.05) is 30.3 Å². The number of fused-ring (bicyclic) bond motifs is 2. The van der Waals surface area contributed by atoms with Gasteiger partial charge in [-0.1, -0.05) is 35.5 Å². The maximum absolute atomic E-state index is 12.6. The van der Waals surface area contributed by atoms with Gasteiger partial charge in [-0.3, -0.25) is 4.79 Å². The Kier molecular flexibility index (Phi) is 4.84. The third kappa shape index (κ3) is 3.73. The van der Waals surface area contributed by atoms with Gasteiger partial charge >= 0.3 is 5.97 Å². The standard InChI is InChI=1S/C24H17NO6/c26-20(16-7-9-21-22(13-16)29-11-10-28-21)14-30-24(27)17-6-8-19-18(12-17)23(31-25-19)15-4-2-1-3-5-15/h1-9,12-13H,10-11,14H2. The molecular weight excluding hydrogens is 398 g/mol. The highest BCUT2D eigenvalue weighted by Crippen LogP contribution is 2.31. The zero-order chi connectivity index (χ0) is 21.2. The first-order valence-corrected chi connectivity index (χ1v) is 9.74. The van der Waals surface area contributed by atoms with Gasteiger partial charge in [0.1, 0.15) is 18.7 Å². The molecule has 4 aromatic rings. The number of nitrogens with zero attached hydrogens (tertiary/aromatic N) is 1. The van der Waals surface area contributed by atoms with Crippen LogP contribution in [-0.4, -0.2) is 36.7 Å². The Hall–Kier alpha value is -4.13. The molecule has 1 aliphatic rings. The van der Waals surface area contributed by atoms with E-state index in [1.165, 1.54) is 0 Å². The van der Waals surface area contributed by atoms with Gasteiger partial charge in [0.2, 0.25) is 0 Å². The van der Waals surface area contributed by atoms with Crippen molar-refractivity contribution in [1.82, 2.24) is 5.16 Å². The Labute approximate surface area is 177 Å². The van der Waals surface area contributed by atoms with Crippen molar-refractivity contribution < 1.29 is 28.3 Å². The molecule has 3 aromatic carbocycles. The highest BCUT2D eigenvalue weighted by Gasteiger charge is 2.18. The van der Waals surface area contributed by atoms with Crippen LogP contribution in [-0.2, 0) is 4.74 Å². The van der Waals surface area contributed by atoms with Gasteiger partial charge in [-0.25, -0.2) is 4.79 Å². The largest absolute Gasteiger partial charge is 0.486 e. The van der Waals surface area contributed by atoms with Crippen molar-refractivity contribution in [3.63, 3.8) is 0 Å².